The van der Waals surface area contributed by atoms with Crippen molar-refractivity contribution < 1.29 is 0 Å². The van der Waals surface area contributed by atoms with Crippen molar-refractivity contribution in [3.05, 3.63) is 12.3 Å². The van der Waals surface area contributed by atoms with Crippen molar-refractivity contribution in [2.24, 2.45) is 11.8 Å². The summed E-state index contributed by atoms with van der Waals surface area (Å²) in [6.45, 7) is 14.0. The molecule has 2 bridgehead atoms. The summed E-state index contributed by atoms with van der Waals surface area (Å²) in [6, 6.07) is 0. The zero-order valence-corrected chi connectivity index (χ0v) is 10.7. The highest BCUT2D eigenvalue weighted by atomic mass is 15.3. The summed E-state index contributed by atoms with van der Waals surface area (Å²) in [6.07, 6.45) is 4.27. The Kier molecular flexibility index (Phi) is 2.32. The van der Waals surface area contributed by atoms with Gasteiger partial charge in [-0.15, -0.1) is 0 Å². The van der Waals surface area contributed by atoms with E-state index in [-0.39, 0.29) is 0 Å². The molecule has 2 nitrogen and oxygen atoms in total. The molecule has 3 fully saturated rings. The van der Waals surface area contributed by atoms with Crippen LogP contribution in [0.15, 0.2) is 12.3 Å². The highest BCUT2D eigenvalue weighted by Crippen LogP contribution is 2.46. The molecule has 0 saturated carbocycles. The predicted molar refractivity (Wildman–Crippen MR) is 67.2 cm³/mol. The molecule has 3 aliphatic heterocycles. The van der Waals surface area contributed by atoms with Gasteiger partial charge < -0.3 is 4.90 Å². The van der Waals surface area contributed by atoms with Crippen molar-refractivity contribution in [2.75, 3.05) is 26.2 Å². The average Bonchev–Trinajstić information content (AvgIpc) is 2.92. The van der Waals surface area contributed by atoms with Crippen LogP contribution < -0.4 is 0 Å². The fraction of sp³-hybridized carbons (Fsp3) is 0.857. The van der Waals surface area contributed by atoms with Gasteiger partial charge in [-0.1, -0.05) is 20.4 Å². The smallest absolute Gasteiger partial charge is 0.0404 e. The molecule has 3 saturated heterocycles. The minimum absolute atomic E-state index is 0.542. The first-order valence-corrected chi connectivity index (χ1v) is 6.79. The summed E-state index contributed by atoms with van der Waals surface area (Å²) in [5.74, 6) is 1.61. The lowest BCUT2D eigenvalue weighted by molar-refractivity contribution is 0.140. The molecule has 0 aromatic rings. The minimum Gasteiger partial charge on any atom is -0.373 e. The zero-order valence-electron chi connectivity index (χ0n) is 10.7. The molecule has 0 aromatic carbocycles. The maximum absolute atomic E-state index is 4.26. The molecule has 0 N–H and O–H groups in total. The second-order valence-electron chi connectivity index (χ2n) is 6.35. The number of rotatable bonds is 2. The van der Waals surface area contributed by atoms with E-state index in [0.717, 1.165) is 5.92 Å². The third kappa shape index (κ3) is 1.42. The molecule has 0 radical (unpaired) electrons. The quantitative estimate of drug-likeness (QED) is 0.705. The van der Waals surface area contributed by atoms with Gasteiger partial charge in [0.25, 0.3) is 0 Å². The van der Waals surface area contributed by atoms with Gasteiger partial charge in [-0.2, -0.15) is 0 Å². The first kappa shape index (κ1) is 10.6. The van der Waals surface area contributed by atoms with Crippen LogP contribution in [0, 0.1) is 11.8 Å². The molecular formula is C14H24N2. The molecule has 3 aliphatic rings. The highest BCUT2D eigenvalue weighted by molar-refractivity contribution is 5.13. The van der Waals surface area contributed by atoms with Crippen LogP contribution in [0.4, 0.5) is 0 Å². The van der Waals surface area contributed by atoms with Crippen molar-refractivity contribution in [3.8, 4) is 0 Å². The maximum atomic E-state index is 4.26. The largest absolute Gasteiger partial charge is 0.373 e. The summed E-state index contributed by atoms with van der Waals surface area (Å²) in [5, 5.41) is 0. The third-order valence-electron chi connectivity index (χ3n) is 5.03. The summed E-state index contributed by atoms with van der Waals surface area (Å²) in [7, 11) is 0. The van der Waals surface area contributed by atoms with E-state index in [1.165, 1.54) is 51.1 Å². The molecule has 3 atom stereocenters. The van der Waals surface area contributed by atoms with Gasteiger partial charge in [-0.25, -0.2) is 0 Å². The average molecular weight is 220 g/mol. The SMILES string of the molecule is C=C(C(C)C)N1CCC2(CC3CCN2C3)C1. The minimum atomic E-state index is 0.542. The summed E-state index contributed by atoms with van der Waals surface area (Å²) in [4.78, 5) is 5.32. The van der Waals surface area contributed by atoms with Gasteiger partial charge in [-0.05, 0) is 37.6 Å². The van der Waals surface area contributed by atoms with Crippen LogP contribution in [0.3, 0.4) is 0 Å². The molecule has 0 aliphatic carbocycles. The topological polar surface area (TPSA) is 6.48 Å². The highest BCUT2D eigenvalue weighted by Gasteiger charge is 2.52. The van der Waals surface area contributed by atoms with E-state index in [9.17, 15) is 0 Å². The van der Waals surface area contributed by atoms with Gasteiger partial charge in [0.15, 0.2) is 0 Å². The fourth-order valence-electron chi connectivity index (χ4n) is 3.99. The van der Waals surface area contributed by atoms with E-state index in [1.807, 2.05) is 0 Å². The second kappa shape index (κ2) is 3.49. The third-order valence-corrected chi connectivity index (χ3v) is 5.03. The Labute approximate surface area is 99.3 Å². The van der Waals surface area contributed by atoms with Crippen molar-refractivity contribution in [1.82, 2.24) is 9.80 Å². The van der Waals surface area contributed by atoms with Crippen LogP contribution >= 0.6 is 0 Å². The van der Waals surface area contributed by atoms with Crippen LogP contribution in [0.2, 0.25) is 0 Å². The molecular weight excluding hydrogens is 196 g/mol. The van der Waals surface area contributed by atoms with Crippen LogP contribution in [0.25, 0.3) is 0 Å². The number of hydrogen-bond donors (Lipinski definition) is 0. The molecule has 3 unspecified atom stereocenters. The van der Waals surface area contributed by atoms with E-state index in [1.54, 1.807) is 0 Å². The van der Waals surface area contributed by atoms with Crippen molar-refractivity contribution in [1.29, 1.82) is 0 Å². The van der Waals surface area contributed by atoms with Gasteiger partial charge >= 0.3 is 0 Å². The summed E-state index contributed by atoms with van der Waals surface area (Å²) in [5.41, 5.74) is 1.89. The van der Waals surface area contributed by atoms with Gasteiger partial charge in [0, 0.05) is 30.9 Å². The summed E-state index contributed by atoms with van der Waals surface area (Å²) < 4.78 is 0. The van der Waals surface area contributed by atoms with E-state index < -0.39 is 0 Å². The first-order valence-electron chi connectivity index (χ1n) is 6.79. The number of piperidine rings is 1. The molecule has 0 amide bonds. The van der Waals surface area contributed by atoms with Crippen LogP contribution in [0.5, 0.6) is 0 Å². The Bertz CT molecular complexity index is 310. The van der Waals surface area contributed by atoms with Crippen LogP contribution in [-0.4, -0.2) is 41.5 Å². The van der Waals surface area contributed by atoms with E-state index in [2.05, 4.69) is 30.2 Å². The van der Waals surface area contributed by atoms with Crippen molar-refractivity contribution in [2.45, 2.75) is 38.6 Å². The Morgan fingerprint density at radius 3 is 2.75 bits per heavy atom. The molecule has 0 aromatic heterocycles. The van der Waals surface area contributed by atoms with E-state index in [4.69, 9.17) is 0 Å². The van der Waals surface area contributed by atoms with Crippen molar-refractivity contribution >= 4 is 0 Å². The lowest BCUT2D eigenvalue weighted by atomic mass is 9.87. The standard InChI is InChI=1S/C14H24N2/c1-11(2)12(3)15-7-5-14(10-15)8-13-4-6-16(14)9-13/h11,13H,3-10H2,1-2H3. The van der Waals surface area contributed by atoms with Gasteiger partial charge in [0.05, 0.1) is 0 Å². The number of likely N-dealkylation sites (tertiary alicyclic amines) is 1. The number of allylic oxidation sites excluding steroid dienone is 1. The fourth-order valence-corrected chi connectivity index (χ4v) is 3.99. The molecule has 90 valence electrons. The predicted octanol–water partition coefficient (Wildman–Crippen LogP) is 2.33. The van der Waals surface area contributed by atoms with Gasteiger partial charge in [0.2, 0.25) is 0 Å². The Hall–Kier alpha value is -0.500. The lowest BCUT2D eigenvalue weighted by Gasteiger charge is -2.37. The Morgan fingerprint density at radius 1 is 1.38 bits per heavy atom. The monoisotopic (exact) mass is 220 g/mol. The summed E-state index contributed by atoms with van der Waals surface area (Å²) >= 11 is 0. The van der Waals surface area contributed by atoms with Crippen LogP contribution in [0.1, 0.15) is 33.1 Å². The maximum Gasteiger partial charge on any atom is 0.0404 e. The first-order chi connectivity index (χ1) is 7.61. The number of nitrogens with zero attached hydrogens (tertiary/aromatic N) is 2. The Balaban J connectivity index is 1.71. The van der Waals surface area contributed by atoms with Crippen LogP contribution in [-0.2, 0) is 0 Å². The molecule has 16 heavy (non-hydrogen) atoms. The molecule has 2 heteroatoms. The van der Waals surface area contributed by atoms with Gasteiger partial charge in [-0.3, -0.25) is 4.90 Å². The van der Waals surface area contributed by atoms with Gasteiger partial charge in [0.1, 0.15) is 0 Å². The van der Waals surface area contributed by atoms with E-state index >= 15 is 0 Å². The normalized spacial score (nSPS) is 41.6. The Morgan fingerprint density at radius 2 is 2.19 bits per heavy atom. The molecule has 3 heterocycles. The number of hydrogen-bond acceptors (Lipinski definition) is 2. The zero-order chi connectivity index (χ0) is 11.3. The van der Waals surface area contributed by atoms with Crippen molar-refractivity contribution in [3.63, 3.8) is 0 Å². The lowest BCUT2D eigenvalue weighted by Crippen LogP contribution is -2.46. The molecule has 3 rings (SSSR count). The second-order valence-corrected chi connectivity index (χ2v) is 6.35. The van der Waals surface area contributed by atoms with E-state index in [0.29, 0.717) is 11.5 Å². The number of fused-ring (bicyclic) bond motifs is 3. The molecule has 1 spiro atoms.